The summed E-state index contributed by atoms with van der Waals surface area (Å²) in [6.45, 7) is 6.00. The molecule has 0 aromatic heterocycles. The van der Waals surface area contributed by atoms with Gasteiger partial charge < -0.3 is 20.3 Å². The minimum Gasteiger partial charge on any atom is -0.496 e. The van der Waals surface area contributed by atoms with Crippen LogP contribution in [0.5, 0.6) is 5.75 Å². The summed E-state index contributed by atoms with van der Waals surface area (Å²) in [7, 11) is 1.67. The summed E-state index contributed by atoms with van der Waals surface area (Å²) in [5.41, 5.74) is 1.10. The maximum absolute atomic E-state index is 13.2. The van der Waals surface area contributed by atoms with Gasteiger partial charge in [0.2, 0.25) is 5.91 Å². The van der Waals surface area contributed by atoms with Crippen molar-refractivity contribution in [2.75, 3.05) is 46.4 Å². The number of hydrogen-bond acceptors (Lipinski definition) is 4. The number of amides is 3. The Kier molecular flexibility index (Phi) is 8.37. The Hall–Kier alpha value is -2.28. The molecule has 1 aliphatic carbocycles. The van der Waals surface area contributed by atoms with Gasteiger partial charge in [0.15, 0.2) is 0 Å². The first-order valence-corrected chi connectivity index (χ1v) is 11.3. The van der Waals surface area contributed by atoms with E-state index in [1.54, 1.807) is 7.11 Å². The fourth-order valence-electron chi connectivity index (χ4n) is 4.75. The van der Waals surface area contributed by atoms with Gasteiger partial charge in [0.25, 0.3) is 0 Å². The molecule has 3 rings (SSSR count). The summed E-state index contributed by atoms with van der Waals surface area (Å²) >= 11 is 0. The Morgan fingerprint density at radius 1 is 1.10 bits per heavy atom. The number of urea groups is 1. The average Bonchev–Trinajstić information content (AvgIpc) is 3.29. The predicted octanol–water partition coefficient (Wildman–Crippen LogP) is 2.26. The van der Waals surface area contributed by atoms with Gasteiger partial charge in [-0.25, -0.2) is 4.79 Å². The van der Waals surface area contributed by atoms with E-state index in [-0.39, 0.29) is 18.0 Å². The standard InChI is InChI=1S/C23H36N4O3/c1-3-24-23(29)27-16-14-26(15-17-27)21(19-9-4-5-10-19)22(28)25-13-12-18-8-6-7-11-20(18)30-2/h6-8,11,19,21H,3-5,9-10,12-17H2,1-2H3,(H,24,29)(H,25,28). The number of para-hydroxylation sites is 1. The molecule has 0 bridgehead atoms. The molecule has 2 aliphatic rings. The van der Waals surface area contributed by atoms with Crippen molar-refractivity contribution in [3.8, 4) is 5.75 Å². The first-order chi connectivity index (χ1) is 14.6. The number of nitrogens with one attached hydrogen (secondary N) is 2. The van der Waals surface area contributed by atoms with Crippen LogP contribution >= 0.6 is 0 Å². The van der Waals surface area contributed by atoms with Crippen LogP contribution in [0.3, 0.4) is 0 Å². The molecular weight excluding hydrogens is 380 g/mol. The molecule has 1 aromatic carbocycles. The summed E-state index contributed by atoms with van der Waals surface area (Å²) in [6.07, 6.45) is 5.38. The molecule has 1 saturated carbocycles. The molecule has 1 atom stereocenters. The third-order valence-electron chi connectivity index (χ3n) is 6.32. The van der Waals surface area contributed by atoms with E-state index in [9.17, 15) is 9.59 Å². The van der Waals surface area contributed by atoms with Gasteiger partial charge in [-0.2, -0.15) is 0 Å². The Morgan fingerprint density at radius 3 is 2.47 bits per heavy atom. The maximum Gasteiger partial charge on any atom is 0.317 e. The molecule has 30 heavy (non-hydrogen) atoms. The molecule has 2 N–H and O–H groups in total. The van der Waals surface area contributed by atoms with E-state index in [2.05, 4.69) is 15.5 Å². The molecule has 2 fully saturated rings. The minimum absolute atomic E-state index is 0.00386. The molecule has 7 nitrogen and oxygen atoms in total. The van der Waals surface area contributed by atoms with Crippen molar-refractivity contribution in [3.63, 3.8) is 0 Å². The Bertz CT molecular complexity index is 697. The molecule has 1 saturated heterocycles. The number of piperazine rings is 1. The maximum atomic E-state index is 13.2. The third-order valence-corrected chi connectivity index (χ3v) is 6.32. The zero-order valence-corrected chi connectivity index (χ0v) is 18.4. The Balaban J connectivity index is 1.57. The van der Waals surface area contributed by atoms with Crippen LogP contribution in [0.2, 0.25) is 0 Å². The quantitative estimate of drug-likeness (QED) is 0.682. The van der Waals surface area contributed by atoms with Gasteiger partial charge in [-0.15, -0.1) is 0 Å². The van der Waals surface area contributed by atoms with Gasteiger partial charge in [0, 0.05) is 39.3 Å². The van der Waals surface area contributed by atoms with Crippen LogP contribution in [-0.2, 0) is 11.2 Å². The van der Waals surface area contributed by atoms with E-state index in [0.717, 1.165) is 43.7 Å². The second kappa shape index (κ2) is 11.2. The Labute approximate surface area is 180 Å². The summed E-state index contributed by atoms with van der Waals surface area (Å²) in [5.74, 6) is 1.40. The van der Waals surface area contributed by atoms with E-state index in [0.29, 0.717) is 32.1 Å². The summed E-state index contributed by atoms with van der Waals surface area (Å²) in [4.78, 5) is 29.5. The van der Waals surface area contributed by atoms with Gasteiger partial charge in [0.1, 0.15) is 5.75 Å². The molecule has 1 aromatic rings. The second-order valence-corrected chi connectivity index (χ2v) is 8.20. The SMILES string of the molecule is CCNC(=O)N1CCN(C(C(=O)NCCc2ccccc2OC)C2CCCC2)CC1. The lowest BCUT2D eigenvalue weighted by atomic mass is 9.95. The number of hydrogen-bond donors (Lipinski definition) is 2. The van der Waals surface area contributed by atoms with Crippen LogP contribution in [0.25, 0.3) is 0 Å². The van der Waals surface area contributed by atoms with Crippen molar-refractivity contribution in [2.45, 2.75) is 45.1 Å². The first-order valence-electron chi connectivity index (χ1n) is 11.3. The van der Waals surface area contributed by atoms with Gasteiger partial charge in [0.05, 0.1) is 13.2 Å². The van der Waals surface area contributed by atoms with Crippen molar-refractivity contribution in [3.05, 3.63) is 29.8 Å². The molecule has 0 spiro atoms. The van der Waals surface area contributed by atoms with Crippen molar-refractivity contribution in [1.29, 1.82) is 0 Å². The number of methoxy groups -OCH3 is 1. The van der Waals surface area contributed by atoms with Crippen LogP contribution in [0.15, 0.2) is 24.3 Å². The highest BCUT2D eigenvalue weighted by Crippen LogP contribution is 2.31. The highest BCUT2D eigenvalue weighted by molar-refractivity contribution is 5.82. The predicted molar refractivity (Wildman–Crippen MR) is 118 cm³/mol. The van der Waals surface area contributed by atoms with Gasteiger partial charge in [-0.1, -0.05) is 31.0 Å². The van der Waals surface area contributed by atoms with Gasteiger partial charge in [-0.3, -0.25) is 9.69 Å². The number of benzene rings is 1. The lowest BCUT2D eigenvalue weighted by Gasteiger charge is -2.40. The molecular formula is C23H36N4O3. The Morgan fingerprint density at radius 2 is 1.80 bits per heavy atom. The number of carbonyl (C=O) groups excluding carboxylic acids is 2. The minimum atomic E-state index is -0.0958. The average molecular weight is 417 g/mol. The van der Waals surface area contributed by atoms with E-state index < -0.39 is 0 Å². The largest absolute Gasteiger partial charge is 0.496 e. The highest BCUT2D eigenvalue weighted by atomic mass is 16.5. The lowest BCUT2D eigenvalue weighted by molar-refractivity contribution is -0.129. The van der Waals surface area contributed by atoms with E-state index in [1.165, 1.54) is 12.8 Å². The lowest BCUT2D eigenvalue weighted by Crippen LogP contribution is -2.59. The van der Waals surface area contributed by atoms with Crippen molar-refractivity contribution < 1.29 is 14.3 Å². The fourth-order valence-corrected chi connectivity index (χ4v) is 4.75. The molecule has 1 aliphatic heterocycles. The molecule has 0 radical (unpaired) electrons. The summed E-state index contributed by atoms with van der Waals surface area (Å²) in [6, 6.07) is 7.84. The first kappa shape index (κ1) is 22.4. The van der Waals surface area contributed by atoms with Crippen molar-refractivity contribution in [1.82, 2.24) is 20.4 Å². The smallest absolute Gasteiger partial charge is 0.317 e. The second-order valence-electron chi connectivity index (χ2n) is 8.20. The van der Waals surface area contributed by atoms with Crippen LogP contribution in [0, 0.1) is 5.92 Å². The van der Waals surface area contributed by atoms with Gasteiger partial charge >= 0.3 is 6.03 Å². The van der Waals surface area contributed by atoms with E-state index in [4.69, 9.17) is 4.74 Å². The number of ether oxygens (including phenoxy) is 1. The highest BCUT2D eigenvalue weighted by Gasteiger charge is 2.37. The molecule has 1 unspecified atom stereocenters. The number of nitrogens with zero attached hydrogens (tertiary/aromatic N) is 2. The van der Waals surface area contributed by atoms with Crippen LogP contribution < -0.4 is 15.4 Å². The van der Waals surface area contributed by atoms with Crippen molar-refractivity contribution in [2.24, 2.45) is 5.92 Å². The normalized spacial score (nSPS) is 18.8. The molecule has 3 amide bonds. The topological polar surface area (TPSA) is 73.9 Å². The summed E-state index contributed by atoms with van der Waals surface area (Å²) < 4.78 is 5.42. The monoisotopic (exact) mass is 416 g/mol. The fraction of sp³-hybridized carbons (Fsp3) is 0.652. The molecule has 166 valence electrons. The zero-order chi connectivity index (χ0) is 21.3. The van der Waals surface area contributed by atoms with Crippen LogP contribution in [0.1, 0.15) is 38.2 Å². The van der Waals surface area contributed by atoms with Crippen LogP contribution in [-0.4, -0.2) is 74.2 Å². The number of rotatable bonds is 8. The van der Waals surface area contributed by atoms with Crippen LogP contribution in [0.4, 0.5) is 4.79 Å². The number of carbonyl (C=O) groups is 2. The zero-order valence-electron chi connectivity index (χ0n) is 18.4. The third kappa shape index (κ3) is 5.65. The summed E-state index contributed by atoms with van der Waals surface area (Å²) in [5, 5.41) is 6.05. The van der Waals surface area contributed by atoms with Gasteiger partial charge in [-0.05, 0) is 43.7 Å². The van der Waals surface area contributed by atoms with E-state index >= 15 is 0 Å². The molecule has 1 heterocycles. The molecule has 7 heteroatoms. The van der Waals surface area contributed by atoms with Crippen molar-refractivity contribution >= 4 is 11.9 Å². The van der Waals surface area contributed by atoms with E-state index in [1.807, 2.05) is 36.1 Å².